The number of aliphatic hydroxyl groups excluding tert-OH is 1. The highest BCUT2D eigenvalue weighted by Gasteiger charge is 2.13. The molecule has 0 saturated heterocycles. The van der Waals surface area contributed by atoms with E-state index >= 15 is 0 Å². The second-order valence-electron chi connectivity index (χ2n) is 4.84. The van der Waals surface area contributed by atoms with E-state index in [1.54, 1.807) is 18.1 Å². The highest BCUT2D eigenvalue weighted by atomic mass is 79.9. The molecule has 4 nitrogen and oxygen atoms in total. The van der Waals surface area contributed by atoms with Crippen molar-refractivity contribution in [1.82, 2.24) is 14.8 Å². The lowest BCUT2D eigenvalue weighted by molar-refractivity contribution is 0.195. The van der Waals surface area contributed by atoms with Gasteiger partial charge in [-0.3, -0.25) is 0 Å². The van der Waals surface area contributed by atoms with Gasteiger partial charge in [-0.15, -0.1) is 11.8 Å². The average molecular weight is 356 g/mol. The van der Waals surface area contributed by atoms with Crippen LogP contribution in [0.4, 0.5) is 0 Å². The number of rotatable bonds is 6. The summed E-state index contributed by atoms with van der Waals surface area (Å²) in [4.78, 5) is 5.37. The van der Waals surface area contributed by atoms with Crippen molar-refractivity contribution in [2.45, 2.75) is 37.3 Å². The molecule has 0 aliphatic rings. The van der Waals surface area contributed by atoms with Gasteiger partial charge in [0.2, 0.25) is 0 Å². The monoisotopic (exact) mass is 355 g/mol. The van der Waals surface area contributed by atoms with Crippen molar-refractivity contribution >= 4 is 27.7 Å². The Morgan fingerprint density at radius 3 is 2.65 bits per heavy atom. The summed E-state index contributed by atoms with van der Waals surface area (Å²) in [5.41, 5.74) is 0. The van der Waals surface area contributed by atoms with Gasteiger partial charge in [-0.1, -0.05) is 15.9 Å². The molecule has 108 valence electrons. The zero-order valence-electron chi connectivity index (χ0n) is 11.5. The number of aromatic nitrogens is 3. The average Bonchev–Trinajstić information content (AvgIpc) is 2.86. The van der Waals surface area contributed by atoms with E-state index in [9.17, 15) is 5.11 Å². The van der Waals surface area contributed by atoms with Crippen LogP contribution >= 0.6 is 27.7 Å². The van der Waals surface area contributed by atoms with E-state index in [1.807, 2.05) is 28.9 Å². The second-order valence-corrected chi connectivity index (χ2v) is 6.85. The standard InChI is InChI=1S/C14H18BrN3OS/c1-10(2)18-14(16-9-17-18)7-12(19)8-20-13-5-3-11(15)4-6-13/h3-6,9-10,12,19H,7-8H2,1-2H3. The molecular formula is C14H18BrN3OS. The van der Waals surface area contributed by atoms with Crippen LogP contribution in [0.3, 0.4) is 0 Å². The fraction of sp³-hybridized carbons (Fsp3) is 0.429. The maximum atomic E-state index is 10.1. The Morgan fingerprint density at radius 2 is 2.00 bits per heavy atom. The van der Waals surface area contributed by atoms with Crippen LogP contribution < -0.4 is 0 Å². The molecule has 0 fully saturated rings. The van der Waals surface area contributed by atoms with E-state index < -0.39 is 6.10 Å². The Bertz CT molecular complexity index is 542. The fourth-order valence-corrected chi connectivity index (χ4v) is 2.94. The van der Waals surface area contributed by atoms with E-state index in [0.29, 0.717) is 12.2 Å². The molecule has 1 aromatic heterocycles. The molecular weight excluding hydrogens is 338 g/mol. The van der Waals surface area contributed by atoms with Gasteiger partial charge in [-0.05, 0) is 38.1 Å². The normalized spacial score (nSPS) is 12.8. The molecule has 20 heavy (non-hydrogen) atoms. The Balaban J connectivity index is 1.87. The molecule has 0 spiro atoms. The van der Waals surface area contributed by atoms with Crippen molar-refractivity contribution in [3.8, 4) is 0 Å². The highest BCUT2D eigenvalue weighted by Crippen LogP contribution is 2.22. The molecule has 0 amide bonds. The molecule has 1 heterocycles. The zero-order chi connectivity index (χ0) is 14.5. The molecule has 0 aliphatic heterocycles. The lowest BCUT2D eigenvalue weighted by atomic mass is 10.2. The number of thioether (sulfide) groups is 1. The van der Waals surface area contributed by atoms with Crippen molar-refractivity contribution < 1.29 is 5.11 Å². The summed E-state index contributed by atoms with van der Waals surface area (Å²) in [6.07, 6.45) is 1.65. The second kappa shape index (κ2) is 7.24. The van der Waals surface area contributed by atoms with E-state index in [1.165, 1.54) is 0 Å². The Kier molecular flexibility index (Phi) is 5.63. The maximum absolute atomic E-state index is 10.1. The molecule has 0 radical (unpaired) electrons. The van der Waals surface area contributed by atoms with E-state index in [0.717, 1.165) is 15.2 Å². The number of aliphatic hydroxyl groups is 1. The summed E-state index contributed by atoms with van der Waals surface area (Å²) < 4.78 is 2.92. The first-order chi connectivity index (χ1) is 9.56. The Labute approximate surface area is 131 Å². The number of benzene rings is 1. The SMILES string of the molecule is CC(C)n1ncnc1CC(O)CSc1ccc(Br)cc1. The summed E-state index contributed by atoms with van der Waals surface area (Å²) in [5, 5.41) is 14.3. The van der Waals surface area contributed by atoms with Gasteiger partial charge in [0.15, 0.2) is 0 Å². The van der Waals surface area contributed by atoms with Crippen LogP contribution in [0, 0.1) is 0 Å². The van der Waals surface area contributed by atoms with Gasteiger partial charge < -0.3 is 5.11 Å². The first-order valence-corrected chi connectivity index (χ1v) is 8.29. The van der Waals surface area contributed by atoms with Gasteiger partial charge in [0.05, 0.1) is 6.10 Å². The first kappa shape index (κ1) is 15.5. The third kappa shape index (κ3) is 4.33. The number of halogens is 1. The van der Waals surface area contributed by atoms with Crippen molar-refractivity contribution in [2.75, 3.05) is 5.75 Å². The van der Waals surface area contributed by atoms with E-state index in [2.05, 4.69) is 39.9 Å². The van der Waals surface area contributed by atoms with E-state index in [-0.39, 0.29) is 6.04 Å². The molecule has 1 aromatic carbocycles. The highest BCUT2D eigenvalue weighted by molar-refractivity contribution is 9.10. The molecule has 2 aromatic rings. The van der Waals surface area contributed by atoms with Crippen molar-refractivity contribution in [1.29, 1.82) is 0 Å². The third-order valence-electron chi connectivity index (χ3n) is 2.81. The smallest absolute Gasteiger partial charge is 0.138 e. The van der Waals surface area contributed by atoms with Crippen LogP contribution in [-0.2, 0) is 6.42 Å². The van der Waals surface area contributed by atoms with Crippen LogP contribution in [0.2, 0.25) is 0 Å². The summed E-state index contributed by atoms with van der Waals surface area (Å²) in [6, 6.07) is 8.35. The Morgan fingerprint density at radius 1 is 1.30 bits per heavy atom. The van der Waals surface area contributed by atoms with Gasteiger partial charge in [0.25, 0.3) is 0 Å². The molecule has 1 N–H and O–H groups in total. The molecule has 2 rings (SSSR count). The van der Waals surface area contributed by atoms with Gasteiger partial charge in [0.1, 0.15) is 12.2 Å². The quantitative estimate of drug-likeness (QED) is 0.807. The third-order valence-corrected chi connectivity index (χ3v) is 4.50. The van der Waals surface area contributed by atoms with Crippen LogP contribution in [0.25, 0.3) is 0 Å². The van der Waals surface area contributed by atoms with Crippen molar-refractivity contribution in [3.63, 3.8) is 0 Å². The minimum atomic E-state index is -0.426. The predicted octanol–water partition coefficient (Wildman–Crippen LogP) is 3.32. The Hall–Kier alpha value is -0.850. The minimum Gasteiger partial charge on any atom is -0.392 e. The summed E-state index contributed by atoms with van der Waals surface area (Å²) in [5.74, 6) is 1.48. The molecule has 1 unspecified atom stereocenters. The fourth-order valence-electron chi connectivity index (χ4n) is 1.84. The van der Waals surface area contributed by atoms with Gasteiger partial charge in [-0.2, -0.15) is 5.10 Å². The van der Waals surface area contributed by atoms with Crippen LogP contribution in [0.15, 0.2) is 40.0 Å². The van der Waals surface area contributed by atoms with Gasteiger partial charge >= 0.3 is 0 Å². The van der Waals surface area contributed by atoms with Gasteiger partial charge in [-0.25, -0.2) is 9.67 Å². The molecule has 0 bridgehead atoms. The van der Waals surface area contributed by atoms with E-state index in [4.69, 9.17) is 0 Å². The lowest BCUT2D eigenvalue weighted by Gasteiger charge is -2.13. The largest absolute Gasteiger partial charge is 0.392 e. The van der Waals surface area contributed by atoms with Crippen molar-refractivity contribution in [3.05, 3.63) is 40.9 Å². The number of nitrogens with zero attached hydrogens (tertiary/aromatic N) is 3. The number of hydrogen-bond donors (Lipinski definition) is 1. The summed E-state index contributed by atoms with van der Waals surface area (Å²) in [6.45, 7) is 4.11. The molecule has 6 heteroatoms. The van der Waals surface area contributed by atoms with Crippen LogP contribution in [0.1, 0.15) is 25.7 Å². The molecule has 0 aliphatic carbocycles. The molecule has 1 atom stereocenters. The zero-order valence-corrected chi connectivity index (χ0v) is 13.9. The summed E-state index contributed by atoms with van der Waals surface area (Å²) >= 11 is 5.06. The first-order valence-electron chi connectivity index (χ1n) is 6.51. The predicted molar refractivity (Wildman–Crippen MR) is 85.0 cm³/mol. The molecule has 0 saturated carbocycles. The summed E-state index contributed by atoms with van der Waals surface area (Å²) in [7, 11) is 0. The minimum absolute atomic E-state index is 0.263. The topological polar surface area (TPSA) is 50.9 Å². The maximum Gasteiger partial charge on any atom is 0.138 e. The van der Waals surface area contributed by atoms with Gasteiger partial charge in [0, 0.05) is 27.6 Å². The van der Waals surface area contributed by atoms with Crippen LogP contribution in [-0.4, -0.2) is 31.7 Å². The lowest BCUT2D eigenvalue weighted by Crippen LogP contribution is -2.18. The number of hydrogen-bond acceptors (Lipinski definition) is 4. The van der Waals surface area contributed by atoms with Crippen LogP contribution in [0.5, 0.6) is 0 Å². The van der Waals surface area contributed by atoms with Crippen molar-refractivity contribution in [2.24, 2.45) is 0 Å².